The molecular formula is C15H20N2O2S. The molecule has 0 saturated carbocycles. The van der Waals surface area contributed by atoms with Crippen molar-refractivity contribution in [3.8, 4) is 11.5 Å². The number of ether oxygens (including phenoxy) is 2. The molecule has 0 fully saturated rings. The van der Waals surface area contributed by atoms with Crippen LogP contribution in [0.3, 0.4) is 0 Å². The van der Waals surface area contributed by atoms with Crippen LogP contribution in [-0.4, -0.2) is 25.2 Å². The molecule has 1 unspecified atom stereocenters. The van der Waals surface area contributed by atoms with Gasteiger partial charge in [0.2, 0.25) is 0 Å². The highest BCUT2D eigenvalue weighted by Gasteiger charge is 2.19. The molecule has 1 N–H and O–H groups in total. The molecule has 0 aliphatic carbocycles. The van der Waals surface area contributed by atoms with Gasteiger partial charge in [0.15, 0.2) is 0 Å². The predicted octanol–water partition coefficient (Wildman–Crippen LogP) is 3.25. The van der Waals surface area contributed by atoms with E-state index in [0.29, 0.717) is 0 Å². The van der Waals surface area contributed by atoms with Gasteiger partial charge in [-0.3, -0.25) is 4.98 Å². The Bertz CT molecular complexity index is 554. The van der Waals surface area contributed by atoms with Crippen molar-refractivity contribution in [2.45, 2.75) is 26.0 Å². The number of thiophene rings is 1. The summed E-state index contributed by atoms with van der Waals surface area (Å²) in [6, 6.07) is 4.05. The van der Waals surface area contributed by atoms with E-state index in [4.69, 9.17) is 9.47 Å². The first kappa shape index (κ1) is 14.8. The van der Waals surface area contributed by atoms with Crippen LogP contribution in [0, 0.1) is 0 Å². The standard InChI is InChI=1S/C15H20N2O2S/c1-10(2)19-12-7-11(8-17-9-12)14(16-3)15-13(18-4)5-6-20-15/h5-10,14,16H,1-4H3. The number of aromatic nitrogens is 1. The Morgan fingerprint density at radius 2 is 2.10 bits per heavy atom. The SMILES string of the molecule is CNC(c1cncc(OC(C)C)c1)c1sccc1OC. The Hall–Kier alpha value is -1.59. The minimum Gasteiger partial charge on any atom is -0.496 e. The fraction of sp³-hybridized carbons (Fsp3) is 0.400. The third-order valence-corrected chi connectivity index (χ3v) is 3.83. The Balaban J connectivity index is 2.32. The summed E-state index contributed by atoms with van der Waals surface area (Å²) in [7, 11) is 3.62. The topological polar surface area (TPSA) is 43.4 Å². The van der Waals surface area contributed by atoms with Gasteiger partial charge in [-0.05, 0) is 44.0 Å². The molecule has 108 valence electrons. The summed E-state index contributed by atoms with van der Waals surface area (Å²) < 4.78 is 11.1. The Morgan fingerprint density at radius 1 is 1.30 bits per heavy atom. The van der Waals surface area contributed by atoms with Gasteiger partial charge in [0.05, 0.1) is 30.3 Å². The highest BCUT2D eigenvalue weighted by Crippen LogP contribution is 2.35. The Kier molecular flexibility index (Phi) is 4.98. The summed E-state index contributed by atoms with van der Waals surface area (Å²) in [6.07, 6.45) is 3.73. The second kappa shape index (κ2) is 6.72. The summed E-state index contributed by atoms with van der Waals surface area (Å²) in [6.45, 7) is 4.01. The lowest BCUT2D eigenvalue weighted by atomic mass is 10.1. The van der Waals surface area contributed by atoms with E-state index in [0.717, 1.165) is 21.9 Å². The summed E-state index contributed by atoms with van der Waals surface area (Å²) in [5, 5.41) is 5.34. The highest BCUT2D eigenvalue weighted by atomic mass is 32.1. The van der Waals surface area contributed by atoms with E-state index in [1.165, 1.54) is 0 Å². The van der Waals surface area contributed by atoms with Crippen molar-refractivity contribution < 1.29 is 9.47 Å². The first-order valence-corrected chi connectivity index (χ1v) is 7.44. The van der Waals surface area contributed by atoms with E-state index >= 15 is 0 Å². The molecule has 2 rings (SSSR count). The number of pyridine rings is 1. The summed E-state index contributed by atoms with van der Waals surface area (Å²) in [4.78, 5) is 5.41. The van der Waals surface area contributed by atoms with E-state index in [1.807, 2.05) is 44.6 Å². The average molecular weight is 292 g/mol. The second-order valence-electron chi connectivity index (χ2n) is 4.70. The van der Waals surface area contributed by atoms with Crippen LogP contribution in [0.1, 0.15) is 30.3 Å². The second-order valence-corrected chi connectivity index (χ2v) is 5.64. The zero-order valence-electron chi connectivity index (χ0n) is 12.2. The molecule has 0 aromatic carbocycles. The minimum atomic E-state index is 0.0492. The van der Waals surface area contributed by atoms with Gasteiger partial charge in [0.25, 0.3) is 0 Å². The van der Waals surface area contributed by atoms with Crippen molar-refractivity contribution in [1.82, 2.24) is 10.3 Å². The zero-order valence-corrected chi connectivity index (χ0v) is 13.0. The Morgan fingerprint density at radius 3 is 2.75 bits per heavy atom. The van der Waals surface area contributed by atoms with Gasteiger partial charge < -0.3 is 14.8 Å². The van der Waals surface area contributed by atoms with Crippen molar-refractivity contribution >= 4 is 11.3 Å². The van der Waals surface area contributed by atoms with E-state index in [1.54, 1.807) is 24.6 Å². The largest absolute Gasteiger partial charge is 0.496 e. The van der Waals surface area contributed by atoms with E-state index < -0.39 is 0 Å². The van der Waals surface area contributed by atoms with Crippen LogP contribution in [0.5, 0.6) is 11.5 Å². The van der Waals surface area contributed by atoms with Gasteiger partial charge in [-0.1, -0.05) is 0 Å². The summed E-state index contributed by atoms with van der Waals surface area (Å²) in [5.74, 6) is 1.68. The maximum atomic E-state index is 5.71. The molecule has 1 atom stereocenters. The number of hydrogen-bond donors (Lipinski definition) is 1. The van der Waals surface area contributed by atoms with Crippen LogP contribution < -0.4 is 14.8 Å². The monoisotopic (exact) mass is 292 g/mol. The third-order valence-electron chi connectivity index (χ3n) is 2.87. The molecule has 0 spiro atoms. The first-order valence-electron chi connectivity index (χ1n) is 6.56. The Labute approximate surface area is 123 Å². The van der Waals surface area contributed by atoms with E-state index in [2.05, 4.69) is 10.3 Å². The van der Waals surface area contributed by atoms with Crippen LogP contribution in [0.4, 0.5) is 0 Å². The third kappa shape index (κ3) is 3.29. The summed E-state index contributed by atoms with van der Waals surface area (Å²) >= 11 is 1.67. The number of rotatable bonds is 6. The lowest BCUT2D eigenvalue weighted by molar-refractivity contribution is 0.241. The van der Waals surface area contributed by atoms with Crippen molar-refractivity contribution in [3.63, 3.8) is 0 Å². The van der Waals surface area contributed by atoms with Crippen molar-refractivity contribution in [2.75, 3.05) is 14.2 Å². The highest BCUT2D eigenvalue weighted by molar-refractivity contribution is 7.10. The molecule has 0 radical (unpaired) electrons. The fourth-order valence-electron chi connectivity index (χ4n) is 2.07. The van der Waals surface area contributed by atoms with Crippen LogP contribution in [-0.2, 0) is 0 Å². The van der Waals surface area contributed by atoms with Crippen LogP contribution in [0.2, 0.25) is 0 Å². The number of nitrogens with one attached hydrogen (secondary N) is 1. The smallest absolute Gasteiger partial charge is 0.138 e. The van der Waals surface area contributed by atoms with Gasteiger partial charge in [0.1, 0.15) is 11.5 Å². The van der Waals surface area contributed by atoms with Crippen molar-refractivity contribution in [1.29, 1.82) is 0 Å². The molecule has 20 heavy (non-hydrogen) atoms. The average Bonchev–Trinajstić information content (AvgIpc) is 2.87. The summed E-state index contributed by atoms with van der Waals surface area (Å²) in [5.41, 5.74) is 1.06. The quantitative estimate of drug-likeness (QED) is 0.887. The van der Waals surface area contributed by atoms with Crippen molar-refractivity contribution in [2.24, 2.45) is 0 Å². The lowest BCUT2D eigenvalue weighted by Gasteiger charge is -2.18. The maximum Gasteiger partial charge on any atom is 0.138 e. The van der Waals surface area contributed by atoms with Gasteiger partial charge in [-0.2, -0.15) is 0 Å². The van der Waals surface area contributed by atoms with Crippen LogP contribution in [0.25, 0.3) is 0 Å². The molecule has 2 aromatic heterocycles. The van der Waals surface area contributed by atoms with Crippen molar-refractivity contribution in [3.05, 3.63) is 40.3 Å². The number of nitrogens with zero attached hydrogens (tertiary/aromatic N) is 1. The molecular weight excluding hydrogens is 272 g/mol. The van der Waals surface area contributed by atoms with Crippen LogP contribution in [0.15, 0.2) is 29.9 Å². The van der Waals surface area contributed by atoms with E-state index in [-0.39, 0.29) is 12.1 Å². The van der Waals surface area contributed by atoms with Crippen LogP contribution >= 0.6 is 11.3 Å². The number of methoxy groups -OCH3 is 1. The zero-order chi connectivity index (χ0) is 14.5. The van der Waals surface area contributed by atoms with Gasteiger partial charge in [-0.25, -0.2) is 0 Å². The first-order chi connectivity index (χ1) is 9.65. The van der Waals surface area contributed by atoms with Gasteiger partial charge in [0, 0.05) is 6.20 Å². The molecule has 4 nitrogen and oxygen atoms in total. The molecule has 2 aromatic rings. The molecule has 0 amide bonds. The van der Waals surface area contributed by atoms with E-state index in [9.17, 15) is 0 Å². The molecule has 0 saturated heterocycles. The molecule has 0 bridgehead atoms. The lowest BCUT2D eigenvalue weighted by Crippen LogP contribution is -2.17. The van der Waals surface area contributed by atoms with Gasteiger partial charge >= 0.3 is 0 Å². The fourth-order valence-corrected chi connectivity index (χ4v) is 3.06. The molecule has 5 heteroatoms. The normalized spacial score (nSPS) is 12.4. The number of hydrogen-bond acceptors (Lipinski definition) is 5. The van der Waals surface area contributed by atoms with Gasteiger partial charge in [-0.15, -0.1) is 11.3 Å². The molecule has 0 aliphatic rings. The maximum absolute atomic E-state index is 5.71. The molecule has 0 aliphatic heterocycles. The predicted molar refractivity (Wildman–Crippen MR) is 81.8 cm³/mol. The minimum absolute atomic E-state index is 0.0492. The molecule has 2 heterocycles.